The van der Waals surface area contributed by atoms with Crippen molar-refractivity contribution >= 4 is 17.3 Å². The molecule has 2 aromatic rings. The van der Waals surface area contributed by atoms with Gasteiger partial charge in [-0.2, -0.15) is 0 Å². The molecule has 2 aromatic carbocycles. The van der Waals surface area contributed by atoms with Crippen LogP contribution in [0.2, 0.25) is 0 Å². The van der Waals surface area contributed by atoms with Gasteiger partial charge in [-0.3, -0.25) is 14.9 Å². The van der Waals surface area contributed by atoms with Crippen molar-refractivity contribution in [3.8, 4) is 5.75 Å². The number of rotatable bonds is 3. The van der Waals surface area contributed by atoms with Crippen LogP contribution in [-0.4, -0.2) is 15.9 Å². The first-order valence-corrected chi connectivity index (χ1v) is 5.51. The number of amides is 1. The van der Waals surface area contributed by atoms with Gasteiger partial charge in [0.1, 0.15) is 17.1 Å². The van der Waals surface area contributed by atoms with Crippen LogP contribution in [0.1, 0.15) is 10.4 Å². The van der Waals surface area contributed by atoms with Crippen molar-refractivity contribution in [2.45, 2.75) is 0 Å². The summed E-state index contributed by atoms with van der Waals surface area (Å²) in [5.74, 6) is -1.53. The van der Waals surface area contributed by atoms with Gasteiger partial charge in [0.05, 0.1) is 4.92 Å². The lowest BCUT2D eigenvalue weighted by Crippen LogP contribution is -2.14. The number of nitro groups is 1. The van der Waals surface area contributed by atoms with Gasteiger partial charge in [0.15, 0.2) is 0 Å². The molecule has 0 fully saturated rings. The Hall–Kier alpha value is -2.96. The van der Waals surface area contributed by atoms with E-state index in [1.54, 1.807) is 0 Å². The van der Waals surface area contributed by atoms with Gasteiger partial charge in [-0.15, -0.1) is 0 Å². The Kier molecular flexibility index (Phi) is 3.60. The number of hydrogen-bond acceptors (Lipinski definition) is 4. The average molecular weight is 276 g/mol. The van der Waals surface area contributed by atoms with Gasteiger partial charge in [0, 0.05) is 11.8 Å². The van der Waals surface area contributed by atoms with E-state index in [4.69, 9.17) is 5.11 Å². The van der Waals surface area contributed by atoms with Crippen LogP contribution in [0.4, 0.5) is 15.8 Å². The molecule has 2 rings (SSSR count). The SMILES string of the molecule is O=C(Nc1ccc(O)cc1)c1cc(F)ccc1[N+](=O)[O-]. The number of carbonyl (C=O) groups is 1. The van der Waals surface area contributed by atoms with Crippen LogP contribution in [-0.2, 0) is 0 Å². The molecular formula is C13H9FN2O4. The molecule has 0 saturated carbocycles. The minimum atomic E-state index is -0.804. The summed E-state index contributed by atoms with van der Waals surface area (Å²) in [4.78, 5) is 22.0. The van der Waals surface area contributed by atoms with Crippen molar-refractivity contribution in [1.29, 1.82) is 0 Å². The molecule has 0 saturated heterocycles. The topological polar surface area (TPSA) is 92.5 Å². The lowest BCUT2D eigenvalue weighted by Gasteiger charge is -2.06. The van der Waals surface area contributed by atoms with Crippen LogP contribution in [0, 0.1) is 15.9 Å². The summed E-state index contributed by atoms with van der Waals surface area (Å²) in [7, 11) is 0. The normalized spacial score (nSPS) is 10.1. The molecule has 0 aliphatic heterocycles. The summed E-state index contributed by atoms with van der Waals surface area (Å²) in [6.07, 6.45) is 0. The Morgan fingerprint density at radius 3 is 2.45 bits per heavy atom. The minimum absolute atomic E-state index is 0.0136. The van der Waals surface area contributed by atoms with Crippen molar-refractivity contribution in [2.75, 3.05) is 5.32 Å². The van der Waals surface area contributed by atoms with Crippen LogP contribution in [0.15, 0.2) is 42.5 Å². The van der Waals surface area contributed by atoms with Gasteiger partial charge in [-0.1, -0.05) is 0 Å². The zero-order chi connectivity index (χ0) is 14.7. The molecule has 2 N–H and O–H groups in total. The van der Waals surface area contributed by atoms with Crippen molar-refractivity contribution < 1.29 is 19.2 Å². The summed E-state index contributed by atoms with van der Waals surface area (Å²) >= 11 is 0. The molecule has 0 radical (unpaired) electrons. The third kappa shape index (κ3) is 2.89. The molecule has 0 atom stereocenters. The summed E-state index contributed by atoms with van der Waals surface area (Å²) in [5, 5.41) is 22.3. The highest BCUT2D eigenvalue weighted by Gasteiger charge is 2.20. The molecule has 7 heteroatoms. The fraction of sp³-hybridized carbons (Fsp3) is 0. The number of anilines is 1. The molecular weight excluding hydrogens is 267 g/mol. The first-order valence-electron chi connectivity index (χ1n) is 5.51. The predicted octanol–water partition coefficient (Wildman–Crippen LogP) is 2.69. The van der Waals surface area contributed by atoms with Gasteiger partial charge in [-0.25, -0.2) is 4.39 Å². The Morgan fingerprint density at radius 1 is 1.20 bits per heavy atom. The number of aromatic hydroxyl groups is 1. The third-order valence-electron chi connectivity index (χ3n) is 2.53. The Morgan fingerprint density at radius 2 is 1.85 bits per heavy atom. The first-order chi connectivity index (χ1) is 9.47. The van der Waals surface area contributed by atoms with Crippen LogP contribution in [0.3, 0.4) is 0 Å². The molecule has 20 heavy (non-hydrogen) atoms. The molecule has 6 nitrogen and oxygen atoms in total. The van der Waals surface area contributed by atoms with Crippen LogP contribution in [0.25, 0.3) is 0 Å². The molecule has 102 valence electrons. The largest absolute Gasteiger partial charge is 0.508 e. The lowest BCUT2D eigenvalue weighted by molar-refractivity contribution is -0.385. The van der Waals surface area contributed by atoms with Gasteiger partial charge >= 0.3 is 0 Å². The van der Waals surface area contributed by atoms with E-state index in [1.807, 2.05) is 0 Å². The number of phenolic OH excluding ortho intramolecular Hbond substituents is 1. The predicted molar refractivity (Wildman–Crippen MR) is 69.1 cm³/mol. The van der Waals surface area contributed by atoms with Crippen molar-refractivity contribution in [3.63, 3.8) is 0 Å². The van der Waals surface area contributed by atoms with Crippen molar-refractivity contribution in [3.05, 3.63) is 64.0 Å². The molecule has 0 aliphatic rings. The maximum atomic E-state index is 13.1. The van der Waals surface area contributed by atoms with Gasteiger partial charge < -0.3 is 10.4 Å². The van der Waals surface area contributed by atoms with E-state index in [0.29, 0.717) is 5.69 Å². The molecule has 1 amide bonds. The zero-order valence-corrected chi connectivity index (χ0v) is 10.0. The number of phenols is 1. The number of hydrogen-bond donors (Lipinski definition) is 2. The fourth-order valence-electron chi connectivity index (χ4n) is 1.59. The minimum Gasteiger partial charge on any atom is -0.508 e. The van der Waals surface area contributed by atoms with E-state index in [2.05, 4.69) is 5.32 Å². The number of nitrogens with zero attached hydrogens (tertiary/aromatic N) is 1. The molecule has 0 aromatic heterocycles. The summed E-state index contributed by atoms with van der Waals surface area (Å²) in [5.41, 5.74) is -0.530. The summed E-state index contributed by atoms with van der Waals surface area (Å²) in [6, 6.07) is 8.16. The second-order valence-corrected chi connectivity index (χ2v) is 3.92. The van der Waals surface area contributed by atoms with E-state index < -0.39 is 22.3 Å². The lowest BCUT2D eigenvalue weighted by atomic mass is 10.1. The quantitative estimate of drug-likeness (QED) is 0.512. The van der Waals surface area contributed by atoms with Crippen molar-refractivity contribution in [2.24, 2.45) is 0 Å². The fourth-order valence-corrected chi connectivity index (χ4v) is 1.59. The van der Waals surface area contributed by atoms with Gasteiger partial charge in [0.25, 0.3) is 11.6 Å². The van der Waals surface area contributed by atoms with Gasteiger partial charge in [-0.05, 0) is 36.4 Å². The molecule has 0 aliphatic carbocycles. The first kappa shape index (κ1) is 13.5. The smallest absolute Gasteiger partial charge is 0.282 e. The van der Waals surface area contributed by atoms with Crippen LogP contribution < -0.4 is 5.32 Å². The molecule has 0 spiro atoms. The highest BCUT2D eigenvalue weighted by molar-refractivity contribution is 6.07. The van der Waals surface area contributed by atoms with Crippen LogP contribution >= 0.6 is 0 Å². The Labute approximate surface area is 112 Å². The maximum absolute atomic E-state index is 13.1. The van der Waals surface area contributed by atoms with E-state index in [-0.39, 0.29) is 11.3 Å². The zero-order valence-electron chi connectivity index (χ0n) is 10.0. The summed E-state index contributed by atoms with van der Waals surface area (Å²) < 4.78 is 13.1. The molecule has 0 heterocycles. The Balaban J connectivity index is 2.31. The molecule has 0 unspecified atom stereocenters. The standard InChI is InChI=1S/C13H9FN2O4/c14-8-1-6-12(16(19)20)11(7-8)13(18)15-9-2-4-10(17)5-3-9/h1-7,17H,(H,15,18). The Bertz CT molecular complexity index is 671. The van der Waals surface area contributed by atoms with E-state index in [1.165, 1.54) is 24.3 Å². The summed E-state index contributed by atoms with van der Waals surface area (Å²) in [6.45, 7) is 0. The second-order valence-electron chi connectivity index (χ2n) is 3.92. The second kappa shape index (κ2) is 5.35. The number of carbonyl (C=O) groups excluding carboxylic acids is 1. The number of halogens is 1. The molecule has 0 bridgehead atoms. The highest BCUT2D eigenvalue weighted by atomic mass is 19.1. The van der Waals surface area contributed by atoms with Crippen LogP contribution in [0.5, 0.6) is 5.75 Å². The number of benzene rings is 2. The van der Waals surface area contributed by atoms with Crippen molar-refractivity contribution in [1.82, 2.24) is 0 Å². The maximum Gasteiger partial charge on any atom is 0.282 e. The number of nitro benzene ring substituents is 1. The van der Waals surface area contributed by atoms with E-state index in [0.717, 1.165) is 18.2 Å². The highest BCUT2D eigenvalue weighted by Crippen LogP contribution is 2.21. The average Bonchev–Trinajstić information content (AvgIpc) is 2.41. The van der Waals surface area contributed by atoms with E-state index >= 15 is 0 Å². The van der Waals surface area contributed by atoms with Gasteiger partial charge in [0.2, 0.25) is 0 Å². The van der Waals surface area contributed by atoms with E-state index in [9.17, 15) is 19.3 Å². The monoisotopic (exact) mass is 276 g/mol. The third-order valence-corrected chi connectivity index (χ3v) is 2.53. The number of nitrogens with one attached hydrogen (secondary N) is 1.